The van der Waals surface area contributed by atoms with Crippen LogP contribution in [0.1, 0.15) is 26.3 Å². The van der Waals surface area contributed by atoms with Gasteiger partial charge in [0.2, 0.25) is 0 Å². The van der Waals surface area contributed by atoms with Crippen LogP contribution < -0.4 is 0 Å². The van der Waals surface area contributed by atoms with Crippen LogP contribution in [0.3, 0.4) is 0 Å². The van der Waals surface area contributed by atoms with E-state index in [1.54, 1.807) is 45.0 Å². The van der Waals surface area contributed by atoms with E-state index in [2.05, 4.69) is 4.18 Å². The number of carbonyl (C=O) groups is 1. The predicted octanol–water partition coefficient (Wildman–Crippen LogP) is 2.94. The highest BCUT2D eigenvalue weighted by molar-refractivity contribution is 7.90. The summed E-state index contributed by atoms with van der Waals surface area (Å²) in [5.41, 5.74) is -0.130. The van der Waals surface area contributed by atoms with E-state index in [-0.39, 0.29) is 0 Å². The Bertz CT molecular complexity index is 552. The fraction of sp³-hybridized carbons (Fsp3) is 0.308. The van der Waals surface area contributed by atoms with Crippen LogP contribution in [0.4, 0.5) is 4.79 Å². The van der Waals surface area contributed by atoms with Gasteiger partial charge in [-0.25, -0.2) is 4.79 Å². The first kappa shape index (κ1) is 15.2. The molecule has 0 atom stereocenters. The summed E-state index contributed by atoms with van der Waals surface area (Å²) in [6.07, 6.45) is 0.0879. The summed E-state index contributed by atoms with van der Waals surface area (Å²) in [5.74, 6) is 0. The summed E-state index contributed by atoms with van der Waals surface area (Å²) >= 11 is 0. The maximum absolute atomic E-state index is 11.5. The number of hydrogen-bond acceptors (Lipinski definition) is 5. The van der Waals surface area contributed by atoms with Crippen molar-refractivity contribution in [2.24, 2.45) is 0 Å². The molecule has 104 valence electrons. The summed E-state index contributed by atoms with van der Waals surface area (Å²) in [6.45, 7) is 4.84. The lowest BCUT2D eigenvalue weighted by Gasteiger charge is -2.17. The summed E-state index contributed by atoms with van der Waals surface area (Å²) in [6, 6.07) is 8.78. The smallest absolute Gasteiger partial charge is 0.428 e. The quantitative estimate of drug-likeness (QED) is 0.630. The Morgan fingerprint density at radius 3 is 2.26 bits per heavy atom. The van der Waals surface area contributed by atoms with Crippen LogP contribution in [0.15, 0.2) is 35.7 Å². The van der Waals surface area contributed by atoms with E-state index in [1.807, 2.05) is 6.07 Å². The molecule has 19 heavy (non-hydrogen) atoms. The van der Waals surface area contributed by atoms with Crippen molar-refractivity contribution in [3.8, 4) is 0 Å². The molecule has 0 amide bonds. The number of rotatable bonds is 3. The van der Waals surface area contributed by atoms with Gasteiger partial charge in [-0.1, -0.05) is 30.3 Å². The Hall–Kier alpha value is -1.82. The van der Waals surface area contributed by atoms with Crippen molar-refractivity contribution in [2.75, 3.05) is 0 Å². The van der Waals surface area contributed by atoms with Crippen molar-refractivity contribution in [1.82, 2.24) is 0 Å². The zero-order valence-corrected chi connectivity index (χ0v) is 11.8. The Morgan fingerprint density at radius 2 is 1.74 bits per heavy atom. The number of benzene rings is 1. The molecule has 0 N–H and O–H groups in total. The molecule has 0 aliphatic rings. The van der Waals surface area contributed by atoms with Gasteiger partial charge in [-0.15, -0.1) is 0 Å². The summed E-state index contributed by atoms with van der Waals surface area (Å²) in [7, 11) is -4.11. The second-order valence-corrected chi connectivity index (χ2v) is 6.18. The first-order valence-corrected chi connectivity index (χ1v) is 7.06. The minimum absolute atomic E-state index is 0.680. The average Bonchev–Trinajstić information content (AvgIpc) is 2.24. The van der Waals surface area contributed by atoms with Crippen LogP contribution in [-0.2, 0) is 19.0 Å². The first-order chi connectivity index (χ1) is 8.68. The monoisotopic (exact) mass is 284 g/mol. The molecule has 0 bridgehead atoms. The number of ether oxygens (including phenoxy) is 1. The molecule has 0 unspecified atom stereocenters. The Balaban J connectivity index is 2.67. The zero-order chi connectivity index (χ0) is 14.5. The minimum Gasteiger partial charge on any atom is -0.428 e. The minimum atomic E-state index is -4.11. The van der Waals surface area contributed by atoms with E-state index in [0.717, 1.165) is 5.41 Å². The highest BCUT2D eigenvalue weighted by atomic mass is 32.2. The summed E-state index contributed by atoms with van der Waals surface area (Å²) in [5, 5.41) is 0.812. The van der Waals surface area contributed by atoms with Crippen LogP contribution in [0.2, 0.25) is 0 Å². The van der Waals surface area contributed by atoms with Crippen LogP contribution in [0, 0.1) is 0 Å². The molecule has 0 saturated carbocycles. The molecule has 0 spiro atoms. The second-order valence-electron chi connectivity index (χ2n) is 4.75. The maximum Gasteiger partial charge on any atom is 0.525 e. The molecular formula is C13H16O5S. The van der Waals surface area contributed by atoms with Gasteiger partial charge in [0.25, 0.3) is 0 Å². The van der Waals surface area contributed by atoms with E-state index in [0.29, 0.717) is 5.56 Å². The number of carbonyl (C=O) groups excluding carboxylic acids is 1. The van der Waals surface area contributed by atoms with Crippen molar-refractivity contribution in [3.63, 3.8) is 0 Å². The van der Waals surface area contributed by atoms with Crippen LogP contribution in [-0.4, -0.2) is 20.2 Å². The second kappa shape index (κ2) is 5.88. The van der Waals surface area contributed by atoms with Gasteiger partial charge in [-0.2, -0.15) is 8.42 Å². The van der Waals surface area contributed by atoms with Gasteiger partial charge < -0.3 is 8.92 Å². The third-order valence-corrected chi connectivity index (χ3v) is 2.64. The molecular weight excluding hydrogens is 268 g/mol. The van der Waals surface area contributed by atoms with Crippen molar-refractivity contribution in [1.29, 1.82) is 0 Å². The molecule has 1 aromatic carbocycles. The van der Waals surface area contributed by atoms with Gasteiger partial charge >= 0.3 is 16.3 Å². The van der Waals surface area contributed by atoms with Gasteiger partial charge in [0.15, 0.2) is 0 Å². The van der Waals surface area contributed by atoms with Crippen LogP contribution >= 0.6 is 0 Å². The van der Waals surface area contributed by atoms with Gasteiger partial charge in [-0.3, -0.25) is 0 Å². The molecule has 0 aliphatic carbocycles. The van der Waals surface area contributed by atoms with Gasteiger partial charge in [-0.05, 0) is 32.4 Å². The molecule has 1 aromatic rings. The lowest BCUT2D eigenvalue weighted by atomic mass is 10.2. The van der Waals surface area contributed by atoms with Gasteiger partial charge in [0, 0.05) is 0 Å². The Morgan fingerprint density at radius 1 is 1.16 bits per heavy atom. The molecule has 0 fully saturated rings. The summed E-state index contributed by atoms with van der Waals surface area (Å²) in [4.78, 5) is 11.2. The predicted molar refractivity (Wildman–Crippen MR) is 71.7 cm³/mol. The first-order valence-electron chi connectivity index (χ1n) is 5.58. The Labute approximate surface area is 113 Å². The molecule has 0 radical (unpaired) electrons. The SMILES string of the molecule is CC(C)(C)OC(=O)OS(=O)(=O)C=Cc1ccccc1. The maximum atomic E-state index is 11.5. The van der Waals surface area contributed by atoms with E-state index >= 15 is 0 Å². The van der Waals surface area contributed by atoms with E-state index in [1.165, 1.54) is 6.08 Å². The standard InChI is InChI=1S/C13H16O5S/c1-13(2,3)17-12(14)18-19(15,16)10-9-11-7-5-4-6-8-11/h4-10H,1-3H3. The third-order valence-electron chi connectivity index (χ3n) is 1.80. The molecule has 5 nitrogen and oxygen atoms in total. The number of hydrogen-bond donors (Lipinski definition) is 0. The van der Waals surface area contributed by atoms with Crippen molar-refractivity contribution < 1.29 is 22.1 Å². The third kappa shape index (κ3) is 6.61. The van der Waals surface area contributed by atoms with Gasteiger partial charge in [0.05, 0.1) is 5.41 Å². The highest BCUT2D eigenvalue weighted by Crippen LogP contribution is 2.11. The molecule has 6 heteroatoms. The van der Waals surface area contributed by atoms with Crippen molar-refractivity contribution in [2.45, 2.75) is 26.4 Å². The fourth-order valence-electron chi connectivity index (χ4n) is 1.12. The molecule has 0 heterocycles. The molecule has 0 saturated heterocycles. The average molecular weight is 284 g/mol. The fourth-order valence-corrected chi connectivity index (χ4v) is 1.72. The largest absolute Gasteiger partial charge is 0.525 e. The van der Waals surface area contributed by atoms with Crippen LogP contribution in [0.25, 0.3) is 6.08 Å². The topological polar surface area (TPSA) is 69.7 Å². The zero-order valence-electron chi connectivity index (χ0n) is 11.0. The van der Waals surface area contributed by atoms with Crippen LogP contribution in [0.5, 0.6) is 0 Å². The molecule has 1 rings (SSSR count). The normalized spacial score (nSPS) is 12.4. The van der Waals surface area contributed by atoms with E-state index in [4.69, 9.17) is 4.74 Å². The van der Waals surface area contributed by atoms with E-state index in [9.17, 15) is 13.2 Å². The molecule has 0 aromatic heterocycles. The van der Waals surface area contributed by atoms with E-state index < -0.39 is 21.9 Å². The van der Waals surface area contributed by atoms with Gasteiger partial charge in [0.1, 0.15) is 5.60 Å². The Kier molecular flexibility index (Phi) is 4.72. The highest BCUT2D eigenvalue weighted by Gasteiger charge is 2.21. The summed E-state index contributed by atoms with van der Waals surface area (Å²) < 4.78 is 32.0. The lowest BCUT2D eigenvalue weighted by Crippen LogP contribution is -2.25. The van der Waals surface area contributed by atoms with Crippen molar-refractivity contribution in [3.05, 3.63) is 41.3 Å². The van der Waals surface area contributed by atoms with Crippen molar-refractivity contribution >= 4 is 22.3 Å². The lowest BCUT2D eigenvalue weighted by molar-refractivity contribution is 0.0226. The molecule has 0 aliphatic heterocycles.